The summed E-state index contributed by atoms with van der Waals surface area (Å²) in [5.74, 6) is 0.291. The van der Waals surface area contributed by atoms with Gasteiger partial charge in [0.2, 0.25) is 5.13 Å². The second-order valence-electron chi connectivity index (χ2n) is 3.49. The monoisotopic (exact) mass is 289 g/mol. The highest BCUT2D eigenvalue weighted by Gasteiger charge is 2.12. The van der Waals surface area contributed by atoms with Gasteiger partial charge in [-0.3, -0.25) is 15.1 Å². The summed E-state index contributed by atoms with van der Waals surface area (Å²) < 4.78 is 4.19. The zero-order chi connectivity index (χ0) is 13.1. The van der Waals surface area contributed by atoms with Crippen molar-refractivity contribution in [1.82, 2.24) is 19.3 Å². The molecular weight excluding hydrogens is 282 g/mol. The molecule has 0 radical (unpaired) electrons. The highest BCUT2D eigenvalue weighted by Crippen LogP contribution is 2.20. The third-order valence-corrected chi connectivity index (χ3v) is 3.47. The van der Waals surface area contributed by atoms with Gasteiger partial charge in [-0.2, -0.15) is 9.36 Å². The Bertz CT molecular complexity index is 680. The van der Waals surface area contributed by atoms with Gasteiger partial charge in [0.1, 0.15) is 5.69 Å². The van der Waals surface area contributed by atoms with E-state index in [2.05, 4.69) is 24.6 Å². The van der Waals surface area contributed by atoms with E-state index in [9.17, 15) is 4.79 Å². The summed E-state index contributed by atoms with van der Waals surface area (Å²) in [6.45, 7) is 0. The van der Waals surface area contributed by atoms with Crippen LogP contribution < -0.4 is 5.32 Å². The van der Waals surface area contributed by atoms with Gasteiger partial charge < -0.3 is 0 Å². The maximum absolute atomic E-state index is 11.8. The van der Waals surface area contributed by atoms with Crippen molar-refractivity contribution in [3.05, 3.63) is 41.1 Å². The van der Waals surface area contributed by atoms with Crippen LogP contribution in [0.25, 0.3) is 11.4 Å². The van der Waals surface area contributed by atoms with Crippen molar-refractivity contribution < 1.29 is 4.79 Å². The number of carbonyl (C=O) groups is 1. The lowest BCUT2D eigenvalue weighted by molar-refractivity contribution is 0.102. The van der Waals surface area contributed by atoms with Crippen LogP contribution in [0, 0.1) is 0 Å². The first-order valence-corrected chi connectivity index (χ1v) is 6.98. The van der Waals surface area contributed by atoms with Crippen LogP contribution >= 0.6 is 22.9 Å². The van der Waals surface area contributed by atoms with Crippen molar-refractivity contribution in [3.8, 4) is 11.4 Å². The van der Waals surface area contributed by atoms with Crippen molar-refractivity contribution in [2.45, 2.75) is 0 Å². The van der Waals surface area contributed by atoms with Gasteiger partial charge in [-0.1, -0.05) is 0 Å². The van der Waals surface area contributed by atoms with Crippen LogP contribution in [-0.4, -0.2) is 25.2 Å². The summed E-state index contributed by atoms with van der Waals surface area (Å²) in [6.07, 6.45) is 3.34. The topological polar surface area (TPSA) is 80.7 Å². The van der Waals surface area contributed by atoms with Crippen LogP contribution in [0.3, 0.4) is 0 Å². The van der Waals surface area contributed by atoms with Gasteiger partial charge in [-0.25, -0.2) is 4.98 Å². The van der Waals surface area contributed by atoms with Crippen molar-refractivity contribution in [3.63, 3.8) is 0 Å². The quantitative estimate of drug-likeness (QED) is 0.800. The van der Waals surface area contributed by atoms with Crippen molar-refractivity contribution in [2.75, 3.05) is 5.32 Å². The number of nitrogens with zero attached hydrogens (tertiary/aromatic N) is 4. The standard InChI is InChI=1S/C11H7N5OS2/c17-10(8-5-18-6-13-8)15-11-14-9(16-19-11)7-1-3-12-4-2-7/h1-6H,(H,14,15,16,17). The minimum absolute atomic E-state index is 0.279. The first-order chi connectivity index (χ1) is 9.33. The molecule has 0 spiro atoms. The third kappa shape index (κ3) is 2.64. The van der Waals surface area contributed by atoms with E-state index in [1.807, 2.05) is 12.1 Å². The lowest BCUT2D eigenvalue weighted by Gasteiger charge is -1.96. The van der Waals surface area contributed by atoms with Gasteiger partial charge in [-0.15, -0.1) is 11.3 Å². The Labute approximate surface area is 116 Å². The molecule has 0 bridgehead atoms. The summed E-state index contributed by atoms with van der Waals surface area (Å²) in [5.41, 5.74) is 2.85. The van der Waals surface area contributed by atoms with Crippen molar-refractivity contribution in [2.24, 2.45) is 0 Å². The minimum atomic E-state index is -0.279. The number of nitrogens with one attached hydrogen (secondary N) is 1. The fraction of sp³-hybridized carbons (Fsp3) is 0. The fourth-order valence-electron chi connectivity index (χ4n) is 1.38. The summed E-state index contributed by atoms with van der Waals surface area (Å²) in [5, 5.41) is 4.80. The van der Waals surface area contributed by atoms with Gasteiger partial charge >= 0.3 is 0 Å². The average molecular weight is 289 g/mol. The van der Waals surface area contributed by atoms with Crippen LogP contribution in [0.4, 0.5) is 5.13 Å². The lowest BCUT2D eigenvalue weighted by Crippen LogP contribution is -2.11. The highest BCUT2D eigenvalue weighted by molar-refractivity contribution is 7.10. The van der Waals surface area contributed by atoms with E-state index in [0.29, 0.717) is 16.6 Å². The summed E-state index contributed by atoms with van der Waals surface area (Å²) in [4.78, 5) is 23.9. The van der Waals surface area contributed by atoms with Crippen LogP contribution in [0.5, 0.6) is 0 Å². The second kappa shape index (κ2) is 5.21. The molecule has 0 fully saturated rings. The van der Waals surface area contributed by atoms with Crippen LogP contribution in [-0.2, 0) is 0 Å². The molecule has 94 valence electrons. The van der Waals surface area contributed by atoms with Gasteiger partial charge in [0.05, 0.1) is 5.51 Å². The molecule has 0 saturated carbocycles. The Hall–Kier alpha value is -2.19. The molecule has 0 aliphatic carbocycles. The summed E-state index contributed by atoms with van der Waals surface area (Å²) in [6, 6.07) is 3.63. The number of thiazole rings is 1. The van der Waals surface area contributed by atoms with E-state index in [-0.39, 0.29) is 5.91 Å². The first-order valence-electron chi connectivity index (χ1n) is 5.26. The predicted octanol–water partition coefficient (Wildman–Crippen LogP) is 2.31. The van der Waals surface area contributed by atoms with E-state index in [4.69, 9.17) is 0 Å². The zero-order valence-electron chi connectivity index (χ0n) is 9.48. The molecular formula is C11H7N5OS2. The molecule has 0 atom stereocenters. The van der Waals surface area contributed by atoms with E-state index >= 15 is 0 Å². The number of pyridine rings is 1. The molecule has 3 heterocycles. The van der Waals surface area contributed by atoms with Gasteiger partial charge in [0, 0.05) is 34.9 Å². The molecule has 6 nitrogen and oxygen atoms in total. The predicted molar refractivity (Wildman–Crippen MR) is 73.2 cm³/mol. The van der Waals surface area contributed by atoms with Crippen LogP contribution in [0.15, 0.2) is 35.4 Å². The van der Waals surface area contributed by atoms with Crippen LogP contribution in [0.1, 0.15) is 10.5 Å². The van der Waals surface area contributed by atoms with Gasteiger partial charge in [0.15, 0.2) is 5.82 Å². The smallest absolute Gasteiger partial charge is 0.276 e. The largest absolute Gasteiger partial charge is 0.295 e. The molecule has 1 N–H and O–H groups in total. The van der Waals surface area contributed by atoms with Gasteiger partial charge in [0.25, 0.3) is 5.91 Å². The zero-order valence-corrected chi connectivity index (χ0v) is 11.1. The molecule has 3 aromatic heterocycles. The fourth-order valence-corrected chi connectivity index (χ4v) is 2.50. The molecule has 1 amide bonds. The maximum Gasteiger partial charge on any atom is 0.276 e. The normalized spacial score (nSPS) is 10.3. The Morgan fingerprint density at radius 2 is 2.11 bits per heavy atom. The van der Waals surface area contributed by atoms with Crippen molar-refractivity contribution in [1.29, 1.82) is 0 Å². The number of rotatable bonds is 3. The molecule has 8 heteroatoms. The van der Waals surface area contributed by atoms with E-state index in [1.54, 1.807) is 23.3 Å². The number of anilines is 1. The molecule has 0 unspecified atom stereocenters. The number of aromatic nitrogens is 4. The molecule has 0 aromatic carbocycles. The molecule has 0 saturated heterocycles. The van der Waals surface area contributed by atoms with E-state index < -0.39 is 0 Å². The Balaban J connectivity index is 1.77. The third-order valence-electron chi connectivity index (χ3n) is 2.25. The van der Waals surface area contributed by atoms with Crippen LogP contribution in [0.2, 0.25) is 0 Å². The number of carbonyl (C=O) groups excluding carboxylic acids is 1. The Morgan fingerprint density at radius 3 is 2.84 bits per heavy atom. The summed E-state index contributed by atoms with van der Waals surface area (Å²) in [7, 11) is 0. The molecule has 3 aromatic rings. The maximum atomic E-state index is 11.8. The Kier molecular flexibility index (Phi) is 3.25. The minimum Gasteiger partial charge on any atom is -0.295 e. The van der Waals surface area contributed by atoms with Crippen molar-refractivity contribution >= 4 is 33.9 Å². The van der Waals surface area contributed by atoms with E-state index in [0.717, 1.165) is 17.1 Å². The number of hydrogen-bond donors (Lipinski definition) is 1. The highest BCUT2D eigenvalue weighted by atomic mass is 32.1. The first kappa shape index (κ1) is 11.9. The van der Waals surface area contributed by atoms with Gasteiger partial charge in [-0.05, 0) is 12.1 Å². The number of amides is 1. The molecule has 3 rings (SSSR count). The van der Waals surface area contributed by atoms with E-state index in [1.165, 1.54) is 11.3 Å². The Morgan fingerprint density at radius 1 is 1.26 bits per heavy atom. The number of hydrogen-bond acceptors (Lipinski definition) is 7. The molecule has 0 aliphatic heterocycles. The summed E-state index contributed by atoms with van der Waals surface area (Å²) >= 11 is 2.50. The molecule has 19 heavy (non-hydrogen) atoms. The SMILES string of the molecule is O=C(Nc1nc(-c2ccncc2)ns1)c1cscn1. The second-order valence-corrected chi connectivity index (χ2v) is 4.96. The molecule has 0 aliphatic rings. The lowest BCUT2D eigenvalue weighted by atomic mass is 10.3. The average Bonchev–Trinajstić information content (AvgIpc) is 3.11.